The van der Waals surface area contributed by atoms with Crippen LogP contribution in [0.1, 0.15) is 46.1 Å². The third-order valence-electron chi connectivity index (χ3n) is 3.74. The fourth-order valence-electron chi connectivity index (χ4n) is 2.53. The molecule has 1 aliphatic rings. The van der Waals surface area contributed by atoms with E-state index in [1.54, 1.807) is 0 Å². The summed E-state index contributed by atoms with van der Waals surface area (Å²) in [5.41, 5.74) is 0.995. The highest BCUT2D eigenvalue weighted by molar-refractivity contribution is 6.31. The van der Waals surface area contributed by atoms with E-state index in [1.807, 2.05) is 18.2 Å². The molecule has 118 valence electrons. The van der Waals surface area contributed by atoms with E-state index in [0.29, 0.717) is 19.2 Å². The molecule has 1 atom stereocenters. The van der Waals surface area contributed by atoms with Crippen LogP contribution in [0.2, 0.25) is 5.02 Å². The fraction of sp³-hybridized carbons (Fsp3) is 0.647. The maximum atomic E-state index is 6.30. The Hall–Kier alpha value is -0.770. The molecule has 1 aromatic rings. The van der Waals surface area contributed by atoms with Crippen LogP contribution in [0.4, 0.5) is 0 Å². The highest BCUT2D eigenvalue weighted by atomic mass is 35.5. The second-order valence-corrected chi connectivity index (χ2v) is 7.01. The molecule has 0 aromatic heterocycles. The van der Waals surface area contributed by atoms with Crippen LogP contribution in [0.5, 0.6) is 5.75 Å². The first kappa shape index (κ1) is 16.6. The minimum absolute atomic E-state index is 0.0234. The fourth-order valence-corrected chi connectivity index (χ4v) is 2.76. The first-order chi connectivity index (χ1) is 9.87. The molecule has 1 aliphatic heterocycles. The van der Waals surface area contributed by atoms with Crippen molar-refractivity contribution in [3.8, 4) is 5.75 Å². The van der Waals surface area contributed by atoms with Gasteiger partial charge in [0.05, 0.1) is 11.7 Å². The number of rotatable bonds is 6. The van der Waals surface area contributed by atoms with Gasteiger partial charge in [-0.25, -0.2) is 0 Å². The number of benzene rings is 1. The van der Waals surface area contributed by atoms with E-state index in [4.69, 9.17) is 21.1 Å². The van der Waals surface area contributed by atoms with Crippen molar-refractivity contribution in [2.24, 2.45) is 0 Å². The van der Waals surface area contributed by atoms with Gasteiger partial charge in [0.2, 0.25) is 0 Å². The Morgan fingerprint density at radius 2 is 2.19 bits per heavy atom. The van der Waals surface area contributed by atoms with E-state index >= 15 is 0 Å². The molecule has 21 heavy (non-hydrogen) atoms. The van der Waals surface area contributed by atoms with Crippen molar-refractivity contribution in [3.05, 3.63) is 28.8 Å². The average molecular weight is 312 g/mol. The minimum Gasteiger partial charge on any atom is -0.490 e. The number of nitrogens with one attached hydrogen (secondary N) is 1. The zero-order chi connectivity index (χ0) is 15.5. The van der Waals surface area contributed by atoms with E-state index in [0.717, 1.165) is 29.2 Å². The average Bonchev–Trinajstić information content (AvgIpc) is 2.74. The standard InChI is InChI=1S/C17H26ClNO2/c1-12(2)19-10-14-15(18)6-5-7-16(14)20-11-13-8-9-17(3,4)21-13/h5-7,12-13,19H,8-11H2,1-4H3. The third kappa shape index (κ3) is 4.87. The lowest BCUT2D eigenvalue weighted by Crippen LogP contribution is -2.25. The summed E-state index contributed by atoms with van der Waals surface area (Å²) < 4.78 is 11.9. The highest BCUT2D eigenvalue weighted by Gasteiger charge is 2.32. The zero-order valence-electron chi connectivity index (χ0n) is 13.4. The van der Waals surface area contributed by atoms with Crippen LogP contribution in [0, 0.1) is 0 Å². The molecule has 4 heteroatoms. The van der Waals surface area contributed by atoms with Crippen LogP contribution >= 0.6 is 11.6 Å². The molecule has 0 spiro atoms. The Kier molecular flexibility index (Phi) is 5.53. The van der Waals surface area contributed by atoms with Gasteiger partial charge in [-0.2, -0.15) is 0 Å². The van der Waals surface area contributed by atoms with Crippen LogP contribution in [0.25, 0.3) is 0 Å². The van der Waals surface area contributed by atoms with Crippen LogP contribution in [-0.2, 0) is 11.3 Å². The summed E-state index contributed by atoms with van der Waals surface area (Å²) >= 11 is 6.30. The van der Waals surface area contributed by atoms with E-state index < -0.39 is 0 Å². The molecular formula is C17H26ClNO2. The lowest BCUT2D eigenvalue weighted by molar-refractivity contribution is -0.0327. The summed E-state index contributed by atoms with van der Waals surface area (Å²) in [6, 6.07) is 6.22. The molecule has 1 unspecified atom stereocenters. The van der Waals surface area contributed by atoms with Gasteiger partial charge < -0.3 is 14.8 Å². The first-order valence-electron chi connectivity index (χ1n) is 7.69. The number of hydrogen-bond donors (Lipinski definition) is 1. The van der Waals surface area contributed by atoms with E-state index in [2.05, 4.69) is 33.0 Å². The summed E-state index contributed by atoms with van der Waals surface area (Å²) in [5, 5.41) is 4.13. The Morgan fingerprint density at radius 3 is 2.81 bits per heavy atom. The lowest BCUT2D eigenvalue weighted by Gasteiger charge is -2.20. The van der Waals surface area contributed by atoms with Gasteiger partial charge in [0.1, 0.15) is 12.4 Å². The van der Waals surface area contributed by atoms with Crippen molar-refractivity contribution in [3.63, 3.8) is 0 Å². The second kappa shape index (κ2) is 6.99. The van der Waals surface area contributed by atoms with Gasteiger partial charge in [-0.05, 0) is 38.8 Å². The molecule has 1 saturated heterocycles. The maximum absolute atomic E-state index is 6.30. The Balaban J connectivity index is 1.98. The maximum Gasteiger partial charge on any atom is 0.125 e. The molecule has 0 saturated carbocycles. The molecule has 3 nitrogen and oxygen atoms in total. The molecule has 1 N–H and O–H groups in total. The minimum atomic E-state index is -0.0234. The largest absolute Gasteiger partial charge is 0.490 e. The van der Waals surface area contributed by atoms with Gasteiger partial charge in [-0.15, -0.1) is 0 Å². The number of hydrogen-bond acceptors (Lipinski definition) is 3. The smallest absolute Gasteiger partial charge is 0.125 e. The van der Waals surface area contributed by atoms with Gasteiger partial charge in [0.25, 0.3) is 0 Å². The molecule has 1 fully saturated rings. The summed E-state index contributed by atoms with van der Waals surface area (Å²) in [6.07, 6.45) is 2.30. The van der Waals surface area contributed by atoms with Crippen molar-refractivity contribution in [2.45, 2.75) is 64.8 Å². The lowest BCUT2D eigenvalue weighted by atomic mass is 10.1. The molecule has 2 rings (SSSR count). The number of halogens is 1. The van der Waals surface area contributed by atoms with Crippen LogP contribution < -0.4 is 10.1 Å². The van der Waals surface area contributed by atoms with Crippen molar-refractivity contribution >= 4 is 11.6 Å². The molecular weight excluding hydrogens is 286 g/mol. The van der Waals surface area contributed by atoms with Crippen molar-refractivity contribution in [1.29, 1.82) is 0 Å². The van der Waals surface area contributed by atoms with Crippen molar-refractivity contribution in [2.75, 3.05) is 6.61 Å². The predicted octanol–water partition coefficient (Wildman–Crippen LogP) is 4.17. The summed E-state index contributed by atoms with van der Waals surface area (Å²) in [4.78, 5) is 0. The molecule has 1 heterocycles. The molecule has 0 bridgehead atoms. The number of ether oxygens (including phenoxy) is 2. The van der Waals surface area contributed by atoms with Gasteiger partial charge in [-0.1, -0.05) is 31.5 Å². The van der Waals surface area contributed by atoms with Gasteiger partial charge >= 0.3 is 0 Å². The summed E-state index contributed by atoms with van der Waals surface area (Å²) in [7, 11) is 0. The molecule has 0 aliphatic carbocycles. The Bertz CT molecular complexity index is 474. The van der Waals surface area contributed by atoms with Crippen molar-refractivity contribution in [1.82, 2.24) is 5.32 Å². The topological polar surface area (TPSA) is 30.5 Å². The normalized spacial score (nSPS) is 21.0. The monoisotopic (exact) mass is 311 g/mol. The first-order valence-corrected chi connectivity index (χ1v) is 8.06. The van der Waals surface area contributed by atoms with E-state index in [-0.39, 0.29) is 11.7 Å². The van der Waals surface area contributed by atoms with Crippen LogP contribution in [0.3, 0.4) is 0 Å². The highest BCUT2D eigenvalue weighted by Crippen LogP contribution is 2.31. The van der Waals surface area contributed by atoms with E-state index in [1.165, 1.54) is 0 Å². The third-order valence-corrected chi connectivity index (χ3v) is 4.10. The molecule has 0 amide bonds. The zero-order valence-corrected chi connectivity index (χ0v) is 14.2. The molecule has 1 aromatic carbocycles. The van der Waals surface area contributed by atoms with Crippen LogP contribution in [-0.4, -0.2) is 24.4 Å². The Labute approximate surface area is 133 Å². The SMILES string of the molecule is CC(C)NCc1c(Cl)cccc1OCC1CCC(C)(C)O1. The van der Waals surface area contributed by atoms with Gasteiger partial charge in [-0.3, -0.25) is 0 Å². The van der Waals surface area contributed by atoms with E-state index in [9.17, 15) is 0 Å². The Morgan fingerprint density at radius 1 is 1.43 bits per heavy atom. The van der Waals surface area contributed by atoms with Crippen LogP contribution in [0.15, 0.2) is 18.2 Å². The predicted molar refractivity (Wildman–Crippen MR) is 87.1 cm³/mol. The summed E-state index contributed by atoms with van der Waals surface area (Å²) in [6.45, 7) is 9.79. The second-order valence-electron chi connectivity index (χ2n) is 6.60. The van der Waals surface area contributed by atoms with Gasteiger partial charge in [0, 0.05) is 23.2 Å². The summed E-state index contributed by atoms with van der Waals surface area (Å²) in [5.74, 6) is 0.851. The van der Waals surface area contributed by atoms with Crippen molar-refractivity contribution < 1.29 is 9.47 Å². The molecule has 0 radical (unpaired) electrons. The van der Waals surface area contributed by atoms with Gasteiger partial charge in [0.15, 0.2) is 0 Å². The quantitative estimate of drug-likeness (QED) is 0.855.